The molecule has 0 fully saturated rings. The second-order valence-electron chi connectivity index (χ2n) is 4.23. The Morgan fingerprint density at radius 2 is 2.00 bits per heavy atom. The van der Waals surface area contributed by atoms with Gasteiger partial charge in [-0.2, -0.15) is 0 Å². The second-order valence-corrected chi connectivity index (χ2v) is 5.26. The summed E-state index contributed by atoms with van der Waals surface area (Å²) in [5, 5.41) is 9.32. The van der Waals surface area contributed by atoms with Crippen LogP contribution in [0.4, 0.5) is 5.13 Å². The summed E-state index contributed by atoms with van der Waals surface area (Å²) in [6.45, 7) is 3.89. The Bertz CT molecular complexity index is 590. The largest absolute Gasteiger partial charge is 0.491 e. The Morgan fingerprint density at radius 3 is 2.53 bits per heavy atom. The number of benzene rings is 1. The van der Waals surface area contributed by atoms with Gasteiger partial charge >= 0.3 is 5.97 Å². The number of carboxylic acids is 1. The van der Waals surface area contributed by atoms with E-state index in [1.165, 1.54) is 0 Å². The molecule has 0 aliphatic rings. The molecule has 2 aromatic rings. The van der Waals surface area contributed by atoms with Crippen molar-refractivity contribution in [1.82, 2.24) is 4.98 Å². The zero-order valence-corrected chi connectivity index (χ0v) is 11.4. The highest BCUT2D eigenvalue weighted by molar-refractivity contribution is 7.19. The molecule has 19 heavy (non-hydrogen) atoms. The molecule has 1 aromatic heterocycles. The molecular formula is C13H14N2O3S. The Hall–Kier alpha value is -2.08. The van der Waals surface area contributed by atoms with Crippen molar-refractivity contribution in [1.29, 1.82) is 0 Å². The average Bonchev–Trinajstić information content (AvgIpc) is 2.72. The van der Waals surface area contributed by atoms with E-state index in [1.54, 1.807) is 24.3 Å². The summed E-state index contributed by atoms with van der Waals surface area (Å²) in [7, 11) is 0. The molecule has 2 rings (SSSR count). The highest BCUT2D eigenvalue weighted by Crippen LogP contribution is 2.32. The maximum absolute atomic E-state index is 11.1. The van der Waals surface area contributed by atoms with E-state index >= 15 is 0 Å². The number of thiazole rings is 1. The molecule has 0 amide bonds. The highest BCUT2D eigenvalue weighted by atomic mass is 32.1. The second kappa shape index (κ2) is 5.27. The maximum atomic E-state index is 11.1. The number of nitrogens with zero attached hydrogens (tertiary/aromatic N) is 1. The molecule has 0 aliphatic carbocycles. The van der Waals surface area contributed by atoms with E-state index in [1.807, 2.05) is 13.8 Å². The minimum absolute atomic E-state index is 0.0139. The lowest BCUT2D eigenvalue weighted by Gasteiger charge is -2.09. The van der Waals surface area contributed by atoms with Crippen molar-refractivity contribution in [2.75, 3.05) is 5.73 Å². The monoisotopic (exact) mass is 278 g/mol. The molecule has 0 spiro atoms. The van der Waals surface area contributed by atoms with Crippen molar-refractivity contribution < 1.29 is 14.6 Å². The fourth-order valence-corrected chi connectivity index (χ4v) is 2.46. The van der Waals surface area contributed by atoms with Crippen LogP contribution in [0, 0.1) is 0 Å². The maximum Gasteiger partial charge on any atom is 0.356 e. The van der Waals surface area contributed by atoms with Crippen LogP contribution in [0.5, 0.6) is 5.75 Å². The third-order valence-corrected chi connectivity index (χ3v) is 3.27. The number of hydrogen-bond donors (Lipinski definition) is 2. The number of anilines is 1. The van der Waals surface area contributed by atoms with Gasteiger partial charge in [0.25, 0.3) is 0 Å². The van der Waals surface area contributed by atoms with Crippen molar-refractivity contribution in [3.8, 4) is 16.2 Å². The van der Waals surface area contributed by atoms with E-state index in [9.17, 15) is 4.79 Å². The van der Waals surface area contributed by atoms with Gasteiger partial charge in [0, 0.05) is 0 Å². The summed E-state index contributed by atoms with van der Waals surface area (Å²) >= 11 is 1.16. The van der Waals surface area contributed by atoms with Gasteiger partial charge in [-0.1, -0.05) is 11.3 Å². The normalized spacial score (nSPS) is 10.7. The van der Waals surface area contributed by atoms with E-state index in [4.69, 9.17) is 15.6 Å². The summed E-state index contributed by atoms with van der Waals surface area (Å²) in [5.41, 5.74) is 6.32. The number of carboxylic acid groups (broad SMARTS) is 1. The van der Waals surface area contributed by atoms with Crippen molar-refractivity contribution in [3.63, 3.8) is 0 Å². The van der Waals surface area contributed by atoms with Crippen LogP contribution in [0.15, 0.2) is 24.3 Å². The number of hydrogen-bond acceptors (Lipinski definition) is 5. The SMILES string of the molecule is CC(C)Oc1ccc(-c2sc(N)nc2C(=O)O)cc1. The molecule has 6 heteroatoms. The van der Waals surface area contributed by atoms with Crippen LogP contribution in [0.2, 0.25) is 0 Å². The molecule has 0 saturated heterocycles. The van der Waals surface area contributed by atoms with Gasteiger partial charge in [0.05, 0.1) is 11.0 Å². The summed E-state index contributed by atoms with van der Waals surface area (Å²) in [5.74, 6) is -0.335. The van der Waals surface area contributed by atoms with Crippen molar-refractivity contribution >= 4 is 22.4 Å². The van der Waals surface area contributed by atoms with Gasteiger partial charge in [0.15, 0.2) is 10.8 Å². The molecule has 0 unspecified atom stereocenters. The predicted molar refractivity (Wildman–Crippen MR) is 74.7 cm³/mol. The van der Waals surface area contributed by atoms with Crippen molar-refractivity contribution in [2.45, 2.75) is 20.0 Å². The lowest BCUT2D eigenvalue weighted by molar-refractivity contribution is 0.0692. The van der Waals surface area contributed by atoms with E-state index in [0.29, 0.717) is 4.88 Å². The zero-order chi connectivity index (χ0) is 14.0. The minimum atomic E-state index is -1.08. The van der Waals surface area contributed by atoms with Gasteiger partial charge in [-0.15, -0.1) is 0 Å². The van der Waals surface area contributed by atoms with Crippen LogP contribution in [0.1, 0.15) is 24.3 Å². The van der Waals surface area contributed by atoms with Gasteiger partial charge in [-0.25, -0.2) is 9.78 Å². The van der Waals surface area contributed by atoms with Gasteiger partial charge in [-0.05, 0) is 43.7 Å². The fraction of sp³-hybridized carbons (Fsp3) is 0.231. The molecule has 1 heterocycles. The summed E-state index contributed by atoms with van der Waals surface area (Å²) in [4.78, 5) is 15.5. The van der Waals surface area contributed by atoms with Gasteiger partial charge in [-0.3, -0.25) is 0 Å². The first-order valence-corrected chi connectivity index (χ1v) is 6.55. The van der Waals surface area contributed by atoms with Crippen LogP contribution in [-0.4, -0.2) is 22.2 Å². The lowest BCUT2D eigenvalue weighted by Crippen LogP contribution is -2.05. The molecule has 0 saturated carbocycles. The number of nitrogens with two attached hydrogens (primary N) is 1. The predicted octanol–water partition coefficient (Wildman–Crippen LogP) is 2.88. The smallest absolute Gasteiger partial charge is 0.356 e. The van der Waals surface area contributed by atoms with Gasteiger partial charge in [0.1, 0.15) is 5.75 Å². The van der Waals surface area contributed by atoms with Crippen LogP contribution >= 0.6 is 11.3 Å². The number of aromatic carboxylic acids is 1. The topological polar surface area (TPSA) is 85.4 Å². The van der Waals surface area contributed by atoms with E-state index in [2.05, 4.69) is 4.98 Å². The Kier molecular flexibility index (Phi) is 3.71. The molecule has 100 valence electrons. The molecule has 1 aromatic carbocycles. The molecule has 5 nitrogen and oxygen atoms in total. The third kappa shape index (κ3) is 3.03. The number of rotatable bonds is 4. The summed E-state index contributed by atoms with van der Waals surface area (Å²) in [6.07, 6.45) is 0.0967. The van der Waals surface area contributed by atoms with E-state index in [0.717, 1.165) is 22.6 Å². The van der Waals surface area contributed by atoms with Crippen LogP contribution in [0.3, 0.4) is 0 Å². The van der Waals surface area contributed by atoms with Crippen molar-refractivity contribution in [2.24, 2.45) is 0 Å². The number of ether oxygens (including phenoxy) is 1. The molecule has 0 atom stereocenters. The number of nitrogen functional groups attached to an aromatic ring is 1. The molecule has 3 N–H and O–H groups in total. The Balaban J connectivity index is 2.34. The Morgan fingerprint density at radius 1 is 1.37 bits per heavy atom. The lowest BCUT2D eigenvalue weighted by atomic mass is 10.1. The highest BCUT2D eigenvalue weighted by Gasteiger charge is 2.17. The summed E-state index contributed by atoms with van der Waals surface area (Å²) < 4.78 is 5.53. The molecule has 0 bridgehead atoms. The van der Waals surface area contributed by atoms with Gasteiger partial charge < -0.3 is 15.6 Å². The van der Waals surface area contributed by atoms with Crippen molar-refractivity contribution in [3.05, 3.63) is 30.0 Å². The zero-order valence-electron chi connectivity index (χ0n) is 10.6. The molecular weight excluding hydrogens is 264 g/mol. The average molecular weight is 278 g/mol. The first-order valence-electron chi connectivity index (χ1n) is 5.74. The van der Waals surface area contributed by atoms with Crippen LogP contribution < -0.4 is 10.5 Å². The standard InChI is InChI=1S/C13H14N2O3S/c1-7(2)18-9-5-3-8(4-6-9)11-10(12(16)17)15-13(14)19-11/h3-7H,1-2H3,(H2,14,15)(H,16,17). The fourth-order valence-electron chi connectivity index (χ4n) is 1.63. The van der Waals surface area contributed by atoms with Crippen LogP contribution in [0.25, 0.3) is 10.4 Å². The minimum Gasteiger partial charge on any atom is -0.491 e. The van der Waals surface area contributed by atoms with E-state index < -0.39 is 5.97 Å². The third-order valence-electron chi connectivity index (χ3n) is 2.33. The number of carbonyl (C=O) groups is 1. The van der Waals surface area contributed by atoms with E-state index in [-0.39, 0.29) is 16.9 Å². The van der Waals surface area contributed by atoms with Crippen LogP contribution in [-0.2, 0) is 0 Å². The molecule has 0 aliphatic heterocycles. The number of aromatic nitrogens is 1. The van der Waals surface area contributed by atoms with Gasteiger partial charge in [0.2, 0.25) is 0 Å². The summed E-state index contributed by atoms with van der Waals surface area (Å²) in [6, 6.07) is 7.21. The quantitative estimate of drug-likeness (QED) is 0.898. The molecule has 0 radical (unpaired) electrons. The Labute approximate surface area is 114 Å². The first-order chi connectivity index (χ1) is 8.97. The first kappa shape index (κ1) is 13.4.